The van der Waals surface area contributed by atoms with Gasteiger partial charge in [-0.05, 0) is 24.5 Å². The molecule has 0 heterocycles. The summed E-state index contributed by atoms with van der Waals surface area (Å²) in [5.74, 6) is -0.102. The Morgan fingerprint density at radius 2 is 2.00 bits per heavy atom. The van der Waals surface area contributed by atoms with Crippen LogP contribution in [0.2, 0.25) is 0 Å². The fraction of sp³-hybridized carbons (Fsp3) is 0.571. The number of hydrogen-bond acceptors (Lipinski definition) is 1. The van der Waals surface area contributed by atoms with Gasteiger partial charge in [0.05, 0.1) is 5.69 Å². The number of benzene rings is 1. The van der Waals surface area contributed by atoms with Crippen molar-refractivity contribution in [2.45, 2.75) is 43.5 Å². The Morgan fingerprint density at radius 1 is 1.29 bits per heavy atom. The van der Waals surface area contributed by atoms with Gasteiger partial charge in [-0.1, -0.05) is 47.3 Å². The van der Waals surface area contributed by atoms with Crippen LogP contribution in [0.3, 0.4) is 0 Å². The lowest BCUT2D eigenvalue weighted by Crippen LogP contribution is -2.34. The fourth-order valence-corrected chi connectivity index (χ4v) is 3.17. The molecule has 3 heteroatoms. The molecular formula is C14H19BrFN. The van der Waals surface area contributed by atoms with E-state index in [1.165, 1.54) is 32.1 Å². The number of rotatable bonds is 3. The quantitative estimate of drug-likeness (QED) is 0.743. The van der Waals surface area contributed by atoms with Gasteiger partial charge in [-0.25, -0.2) is 4.39 Å². The van der Waals surface area contributed by atoms with E-state index in [0.29, 0.717) is 11.4 Å². The maximum absolute atomic E-state index is 14.0. The highest BCUT2D eigenvalue weighted by Gasteiger charge is 2.22. The zero-order valence-corrected chi connectivity index (χ0v) is 11.8. The standard InChI is InChI=1S/C14H19BrFN/c1-17(12-7-3-2-4-8-12)14-11(10-15)6-5-9-13(14)16/h5-6,9,12H,2-4,7-8,10H2,1H3. The molecule has 1 aliphatic rings. The largest absolute Gasteiger partial charge is 0.369 e. The van der Waals surface area contributed by atoms with Gasteiger partial charge in [-0.15, -0.1) is 0 Å². The SMILES string of the molecule is CN(c1c(F)cccc1CBr)C1CCCCC1. The number of anilines is 1. The molecule has 0 spiro atoms. The minimum atomic E-state index is -0.102. The number of nitrogens with zero attached hydrogens (tertiary/aromatic N) is 1. The van der Waals surface area contributed by atoms with E-state index in [2.05, 4.69) is 20.8 Å². The van der Waals surface area contributed by atoms with Gasteiger partial charge in [0.1, 0.15) is 5.82 Å². The smallest absolute Gasteiger partial charge is 0.146 e. The Morgan fingerprint density at radius 3 is 2.65 bits per heavy atom. The monoisotopic (exact) mass is 299 g/mol. The summed E-state index contributed by atoms with van der Waals surface area (Å²) in [7, 11) is 2.03. The summed E-state index contributed by atoms with van der Waals surface area (Å²) >= 11 is 3.44. The average molecular weight is 300 g/mol. The summed E-state index contributed by atoms with van der Waals surface area (Å²) in [4.78, 5) is 2.14. The van der Waals surface area contributed by atoms with Crippen molar-refractivity contribution in [2.24, 2.45) is 0 Å². The highest BCUT2D eigenvalue weighted by molar-refractivity contribution is 9.08. The van der Waals surface area contributed by atoms with Crippen molar-refractivity contribution in [3.8, 4) is 0 Å². The summed E-state index contributed by atoms with van der Waals surface area (Å²) in [5, 5.41) is 0.706. The van der Waals surface area contributed by atoms with Crippen molar-refractivity contribution in [1.29, 1.82) is 0 Å². The van der Waals surface area contributed by atoms with E-state index in [9.17, 15) is 4.39 Å². The maximum Gasteiger partial charge on any atom is 0.146 e. The zero-order chi connectivity index (χ0) is 12.3. The van der Waals surface area contributed by atoms with E-state index in [0.717, 1.165) is 11.3 Å². The first-order chi connectivity index (χ1) is 8.24. The molecule has 0 saturated heterocycles. The van der Waals surface area contributed by atoms with Crippen molar-refractivity contribution >= 4 is 21.6 Å². The third-order valence-electron chi connectivity index (χ3n) is 3.69. The van der Waals surface area contributed by atoms with Crippen molar-refractivity contribution in [3.05, 3.63) is 29.6 Å². The lowest BCUT2D eigenvalue weighted by molar-refractivity contribution is 0.424. The van der Waals surface area contributed by atoms with Gasteiger partial charge in [-0.2, -0.15) is 0 Å². The molecule has 0 bridgehead atoms. The van der Waals surface area contributed by atoms with Gasteiger partial charge in [0.15, 0.2) is 0 Å². The van der Waals surface area contributed by atoms with E-state index >= 15 is 0 Å². The molecule has 0 aliphatic heterocycles. The molecule has 1 fully saturated rings. The number of hydrogen-bond donors (Lipinski definition) is 0. The Bertz CT molecular complexity index is 374. The molecule has 17 heavy (non-hydrogen) atoms. The summed E-state index contributed by atoms with van der Waals surface area (Å²) in [6.45, 7) is 0. The van der Waals surface area contributed by atoms with Crippen LogP contribution in [0, 0.1) is 5.82 Å². The molecule has 1 saturated carbocycles. The van der Waals surface area contributed by atoms with Crippen LogP contribution in [0.25, 0.3) is 0 Å². The summed E-state index contributed by atoms with van der Waals surface area (Å²) in [5.41, 5.74) is 1.81. The van der Waals surface area contributed by atoms with Crippen LogP contribution >= 0.6 is 15.9 Å². The first kappa shape index (κ1) is 12.9. The van der Waals surface area contributed by atoms with Gasteiger partial charge in [0.2, 0.25) is 0 Å². The number of para-hydroxylation sites is 1. The normalized spacial score (nSPS) is 17.1. The molecule has 0 aromatic heterocycles. The van der Waals surface area contributed by atoms with Gasteiger partial charge in [0.25, 0.3) is 0 Å². The topological polar surface area (TPSA) is 3.24 Å². The molecule has 0 unspecified atom stereocenters. The van der Waals surface area contributed by atoms with Gasteiger partial charge in [-0.3, -0.25) is 0 Å². The van der Waals surface area contributed by atoms with Gasteiger partial charge in [0, 0.05) is 18.4 Å². The van der Waals surface area contributed by atoms with Crippen molar-refractivity contribution < 1.29 is 4.39 Å². The molecule has 1 aromatic rings. The van der Waals surface area contributed by atoms with Gasteiger partial charge < -0.3 is 4.90 Å². The van der Waals surface area contributed by atoms with Crippen molar-refractivity contribution in [1.82, 2.24) is 0 Å². The van der Waals surface area contributed by atoms with Crippen molar-refractivity contribution in [2.75, 3.05) is 11.9 Å². The van der Waals surface area contributed by atoms with E-state index in [4.69, 9.17) is 0 Å². The van der Waals surface area contributed by atoms with E-state index < -0.39 is 0 Å². The lowest BCUT2D eigenvalue weighted by atomic mass is 9.94. The molecule has 1 aromatic carbocycles. The summed E-state index contributed by atoms with van der Waals surface area (Å²) in [6, 6.07) is 5.83. The highest BCUT2D eigenvalue weighted by atomic mass is 79.9. The third kappa shape index (κ3) is 2.82. The van der Waals surface area contributed by atoms with Gasteiger partial charge >= 0.3 is 0 Å². The van der Waals surface area contributed by atoms with Crippen LogP contribution in [0.15, 0.2) is 18.2 Å². The molecule has 1 nitrogen and oxygen atoms in total. The Balaban J connectivity index is 2.25. The molecule has 0 N–H and O–H groups in total. The Hall–Kier alpha value is -0.570. The zero-order valence-electron chi connectivity index (χ0n) is 10.3. The highest BCUT2D eigenvalue weighted by Crippen LogP contribution is 2.31. The third-order valence-corrected chi connectivity index (χ3v) is 4.29. The summed E-state index contributed by atoms with van der Waals surface area (Å²) in [6.07, 6.45) is 6.24. The van der Waals surface area contributed by atoms with Crippen LogP contribution in [0.4, 0.5) is 10.1 Å². The molecule has 0 radical (unpaired) electrons. The Labute approximate surface area is 111 Å². The second kappa shape index (κ2) is 5.85. The first-order valence-electron chi connectivity index (χ1n) is 6.30. The van der Waals surface area contributed by atoms with Crippen LogP contribution in [0.5, 0.6) is 0 Å². The maximum atomic E-state index is 14.0. The molecule has 1 aliphatic carbocycles. The van der Waals surface area contributed by atoms with E-state index in [1.807, 2.05) is 13.1 Å². The minimum Gasteiger partial charge on any atom is -0.369 e. The predicted octanol–water partition coefficient (Wildman–Crippen LogP) is 4.49. The molecular weight excluding hydrogens is 281 g/mol. The molecule has 94 valence electrons. The summed E-state index contributed by atoms with van der Waals surface area (Å²) < 4.78 is 14.0. The Kier molecular flexibility index (Phi) is 4.43. The van der Waals surface area contributed by atoms with Crippen LogP contribution in [0.1, 0.15) is 37.7 Å². The number of halogens is 2. The van der Waals surface area contributed by atoms with Crippen molar-refractivity contribution in [3.63, 3.8) is 0 Å². The molecule has 2 rings (SSSR count). The van der Waals surface area contributed by atoms with E-state index in [1.54, 1.807) is 12.1 Å². The van der Waals surface area contributed by atoms with Crippen LogP contribution < -0.4 is 4.90 Å². The second-order valence-electron chi connectivity index (χ2n) is 4.78. The first-order valence-corrected chi connectivity index (χ1v) is 7.42. The number of alkyl halides is 1. The average Bonchev–Trinajstić information content (AvgIpc) is 2.38. The molecule has 0 amide bonds. The van der Waals surface area contributed by atoms with Crippen LogP contribution in [-0.4, -0.2) is 13.1 Å². The molecule has 0 atom stereocenters. The predicted molar refractivity (Wildman–Crippen MR) is 74.3 cm³/mol. The lowest BCUT2D eigenvalue weighted by Gasteiger charge is -2.34. The second-order valence-corrected chi connectivity index (χ2v) is 5.34. The van der Waals surface area contributed by atoms with E-state index in [-0.39, 0.29) is 5.82 Å². The van der Waals surface area contributed by atoms with Crippen LogP contribution in [-0.2, 0) is 5.33 Å². The fourth-order valence-electron chi connectivity index (χ4n) is 2.71. The minimum absolute atomic E-state index is 0.102.